The van der Waals surface area contributed by atoms with Gasteiger partial charge in [-0.15, -0.1) is 0 Å². The summed E-state index contributed by atoms with van der Waals surface area (Å²) in [5.41, 5.74) is 0. The van der Waals surface area contributed by atoms with Gasteiger partial charge in [0, 0.05) is 12.8 Å². The molecule has 0 saturated carbocycles. The zero-order valence-electron chi connectivity index (χ0n) is 47.3. The van der Waals surface area contributed by atoms with Crippen molar-refractivity contribution >= 4 is 19.7 Å². The number of quaternary nitrogens is 1. The Labute approximate surface area is 434 Å². The van der Waals surface area contributed by atoms with Gasteiger partial charge >= 0.3 is 13.8 Å². The third-order valence-corrected chi connectivity index (χ3v) is 14.6. The number of likely N-dealkylation sites (N-methyl/N-ethyl adjacent to an activating group) is 1. The molecule has 0 aromatic heterocycles. The van der Waals surface area contributed by atoms with Gasteiger partial charge in [0.05, 0.1) is 33.8 Å². The fraction of sp³-hybridized carbons (Fsp3) is 0.900. The first-order valence-corrected chi connectivity index (χ1v) is 31.7. The number of phosphoric ester groups is 1. The number of carbonyl (C=O) groups is 2. The Hall–Kier alpha value is -1.51. The van der Waals surface area contributed by atoms with Crippen LogP contribution in [0.15, 0.2) is 24.3 Å². The number of hydrogen-bond acceptors (Lipinski definition) is 6. The summed E-state index contributed by atoms with van der Waals surface area (Å²) in [6.07, 6.45) is 58.9. The maximum atomic E-state index is 13.5. The lowest BCUT2D eigenvalue weighted by molar-refractivity contribution is -0.870. The number of nitrogens with one attached hydrogen (secondary N) is 1. The van der Waals surface area contributed by atoms with Crippen LogP contribution in [-0.4, -0.2) is 74.3 Å². The average Bonchev–Trinajstić information content (AvgIpc) is 3.32. The number of unbranched alkanes of at least 4 members (excludes halogenated alkanes) is 37. The molecule has 0 bridgehead atoms. The monoisotopic (exact) mass is 1010 g/mol. The molecule has 0 aromatic carbocycles. The van der Waals surface area contributed by atoms with Crippen LogP contribution in [0.4, 0.5) is 0 Å². The number of hydrogen-bond donors (Lipinski definition) is 2. The second kappa shape index (κ2) is 51.0. The van der Waals surface area contributed by atoms with Gasteiger partial charge in [0.2, 0.25) is 5.91 Å². The van der Waals surface area contributed by atoms with Crippen molar-refractivity contribution in [3.05, 3.63) is 24.3 Å². The van der Waals surface area contributed by atoms with E-state index in [1.165, 1.54) is 193 Å². The van der Waals surface area contributed by atoms with Gasteiger partial charge in [0.15, 0.2) is 0 Å². The van der Waals surface area contributed by atoms with Crippen molar-refractivity contribution in [1.29, 1.82) is 0 Å². The topological polar surface area (TPSA) is 111 Å². The molecule has 0 aliphatic carbocycles. The van der Waals surface area contributed by atoms with E-state index in [-0.39, 0.29) is 25.1 Å². The summed E-state index contributed by atoms with van der Waals surface area (Å²) in [5.74, 6) is -0.510. The van der Waals surface area contributed by atoms with E-state index in [9.17, 15) is 19.0 Å². The van der Waals surface area contributed by atoms with Gasteiger partial charge in [-0.05, 0) is 57.4 Å². The van der Waals surface area contributed by atoms with Crippen molar-refractivity contribution in [2.45, 2.75) is 309 Å². The van der Waals surface area contributed by atoms with Crippen LogP contribution in [0.5, 0.6) is 0 Å². The maximum absolute atomic E-state index is 13.5. The number of nitrogens with zero attached hydrogens (tertiary/aromatic N) is 1. The number of allylic oxidation sites excluding steroid dienone is 3. The molecular weight excluding hydrogens is 892 g/mol. The number of ether oxygens (including phenoxy) is 1. The predicted molar refractivity (Wildman–Crippen MR) is 300 cm³/mol. The summed E-state index contributed by atoms with van der Waals surface area (Å²) < 4.78 is 30.6. The quantitative estimate of drug-likeness (QED) is 0.0205. The van der Waals surface area contributed by atoms with Gasteiger partial charge in [0.25, 0.3) is 0 Å². The molecule has 0 fully saturated rings. The molecule has 1 amide bonds. The van der Waals surface area contributed by atoms with E-state index in [1.54, 1.807) is 0 Å². The highest BCUT2D eigenvalue weighted by Crippen LogP contribution is 2.43. The second-order valence-electron chi connectivity index (χ2n) is 21.9. The molecule has 0 heterocycles. The predicted octanol–water partition coefficient (Wildman–Crippen LogP) is 18.2. The third-order valence-electron chi connectivity index (χ3n) is 13.6. The van der Waals surface area contributed by atoms with E-state index >= 15 is 0 Å². The van der Waals surface area contributed by atoms with Gasteiger partial charge in [-0.25, -0.2) is 4.57 Å². The molecule has 0 saturated heterocycles. The molecule has 10 heteroatoms. The van der Waals surface area contributed by atoms with E-state index in [1.807, 2.05) is 33.3 Å². The average molecular weight is 1010 g/mol. The summed E-state index contributed by atoms with van der Waals surface area (Å²) in [5, 5.41) is 3.04. The van der Waals surface area contributed by atoms with Gasteiger partial charge in [0.1, 0.15) is 19.3 Å². The molecule has 0 aromatic rings. The van der Waals surface area contributed by atoms with Crippen LogP contribution in [0, 0.1) is 0 Å². The summed E-state index contributed by atoms with van der Waals surface area (Å²) in [6, 6.07) is -0.849. The summed E-state index contributed by atoms with van der Waals surface area (Å²) >= 11 is 0. The van der Waals surface area contributed by atoms with Crippen molar-refractivity contribution in [3.8, 4) is 0 Å². The van der Waals surface area contributed by atoms with Crippen LogP contribution >= 0.6 is 7.82 Å². The molecule has 0 spiro atoms. The summed E-state index contributed by atoms with van der Waals surface area (Å²) in [7, 11) is 1.50. The van der Waals surface area contributed by atoms with Gasteiger partial charge < -0.3 is 19.4 Å². The van der Waals surface area contributed by atoms with Crippen LogP contribution in [0.25, 0.3) is 0 Å². The molecule has 2 N–H and O–H groups in total. The van der Waals surface area contributed by atoms with Gasteiger partial charge in [-0.1, -0.05) is 251 Å². The minimum absolute atomic E-state index is 0.0408. The second-order valence-corrected chi connectivity index (χ2v) is 23.3. The molecular formula is C60H118N2O7P+. The van der Waals surface area contributed by atoms with E-state index in [2.05, 4.69) is 38.2 Å². The van der Waals surface area contributed by atoms with Crippen molar-refractivity contribution in [1.82, 2.24) is 5.32 Å². The largest absolute Gasteiger partial charge is 0.472 e. The van der Waals surface area contributed by atoms with Crippen LogP contribution in [0.3, 0.4) is 0 Å². The van der Waals surface area contributed by atoms with Crippen molar-refractivity contribution in [3.63, 3.8) is 0 Å². The minimum atomic E-state index is -4.44. The van der Waals surface area contributed by atoms with Crippen molar-refractivity contribution < 1.29 is 37.3 Å². The molecule has 3 unspecified atom stereocenters. The Kier molecular flexibility index (Phi) is 49.9. The Balaban J connectivity index is 5.24. The van der Waals surface area contributed by atoms with E-state index in [0.717, 1.165) is 70.6 Å². The molecule has 70 heavy (non-hydrogen) atoms. The maximum Gasteiger partial charge on any atom is 0.472 e. The third kappa shape index (κ3) is 51.4. The molecule has 0 rings (SSSR count). The normalized spacial score (nSPS) is 13.9. The Morgan fingerprint density at radius 1 is 0.486 bits per heavy atom. The fourth-order valence-electron chi connectivity index (χ4n) is 8.94. The molecule has 3 atom stereocenters. The SMILES string of the molecule is CCCCCCCC/C=C\CCCCCC(=O)NC(COP(=O)(O)OCC[N+](C)(C)C)C(/C=C\CCCCCCCCCCCC)OC(=O)CCCCCCCCCCCCCCCCCCCCC. The van der Waals surface area contributed by atoms with E-state index in [0.29, 0.717) is 23.9 Å². The van der Waals surface area contributed by atoms with Crippen LogP contribution in [0.2, 0.25) is 0 Å². The standard InChI is InChI=1S/C60H117N2O7P/c1-7-10-13-16-19-22-25-28-29-30-31-32-33-35-38-41-44-47-50-53-60(64)69-58(51-48-45-42-39-36-27-24-21-18-15-12-9-3)57(56-68-70(65,66)67-55-54-62(4,5)6)61-59(63)52-49-46-43-40-37-34-26-23-20-17-14-11-8-2/h34,37,48,51,57-58H,7-33,35-36,38-47,49-50,52-56H2,1-6H3,(H-,61,63,65,66)/p+1/b37-34-,51-48-. The van der Waals surface area contributed by atoms with Crippen LogP contribution < -0.4 is 5.32 Å². The van der Waals surface area contributed by atoms with Gasteiger partial charge in [-0.3, -0.25) is 18.6 Å². The number of esters is 1. The number of amides is 1. The van der Waals surface area contributed by atoms with Crippen molar-refractivity contribution in [2.24, 2.45) is 0 Å². The smallest absolute Gasteiger partial charge is 0.456 e. The number of carbonyl (C=O) groups excluding carboxylic acids is 2. The highest BCUT2D eigenvalue weighted by Gasteiger charge is 2.30. The molecule has 414 valence electrons. The summed E-state index contributed by atoms with van der Waals surface area (Å²) in [6.45, 7) is 7.02. The Morgan fingerprint density at radius 3 is 1.23 bits per heavy atom. The zero-order chi connectivity index (χ0) is 51.5. The van der Waals surface area contributed by atoms with Crippen molar-refractivity contribution in [2.75, 3.05) is 40.9 Å². The highest BCUT2D eigenvalue weighted by molar-refractivity contribution is 7.47. The molecule has 0 aliphatic heterocycles. The lowest BCUT2D eigenvalue weighted by Crippen LogP contribution is -2.47. The van der Waals surface area contributed by atoms with E-state index < -0.39 is 20.0 Å². The molecule has 0 aliphatic rings. The summed E-state index contributed by atoms with van der Waals surface area (Å²) in [4.78, 5) is 37.6. The highest BCUT2D eigenvalue weighted by atomic mass is 31.2. The first-order valence-electron chi connectivity index (χ1n) is 30.2. The van der Waals surface area contributed by atoms with Crippen LogP contribution in [-0.2, 0) is 27.9 Å². The Bertz CT molecular complexity index is 1250. The molecule has 0 radical (unpaired) electrons. The minimum Gasteiger partial charge on any atom is -0.456 e. The fourth-order valence-corrected chi connectivity index (χ4v) is 9.67. The first kappa shape index (κ1) is 68.5. The number of rotatable bonds is 55. The first-order chi connectivity index (χ1) is 33.9. The number of phosphoric acid groups is 1. The van der Waals surface area contributed by atoms with Gasteiger partial charge in [-0.2, -0.15) is 0 Å². The molecule has 9 nitrogen and oxygen atoms in total. The van der Waals surface area contributed by atoms with E-state index in [4.69, 9.17) is 13.8 Å². The van der Waals surface area contributed by atoms with Crippen LogP contribution in [0.1, 0.15) is 297 Å². The Morgan fingerprint density at radius 2 is 0.829 bits per heavy atom. The lowest BCUT2D eigenvalue weighted by atomic mass is 10.0. The lowest BCUT2D eigenvalue weighted by Gasteiger charge is -2.27. The zero-order valence-corrected chi connectivity index (χ0v) is 48.2.